The van der Waals surface area contributed by atoms with Gasteiger partial charge in [0.25, 0.3) is 0 Å². The van der Waals surface area contributed by atoms with Gasteiger partial charge in [0.15, 0.2) is 0 Å². The van der Waals surface area contributed by atoms with Gasteiger partial charge in [0.1, 0.15) is 0 Å². The summed E-state index contributed by atoms with van der Waals surface area (Å²) in [5.74, 6) is 0.652. The number of thiophene rings is 1. The van der Waals surface area contributed by atoms with E-state index in [2.05, 4.69) is 32.8 Å². The molecule has 2 rings (SSSR count). The van der Waals surface area contributed by atoms with Gasteiger partial charge >= 0.3 is 0 Å². The summed E-state index contributed by atoms with van der Waals surface area (Å²) in [5.41, 5.74) is 6.36. The first kappa shape index (κ1) is 11.0. The number of hydrogen-bond donors (Lipinski definition) is 2. The Hall–Kier alpha value is -1.46. The second-order valence-electron chi connectivity index (χ2n) is 3.33. The summed E-state index contributed by atoms with van der Waals surface area (Å²) < 4.78 is 0. The van der Waals surface area contributed by atoms with Crippen LogP contribution in [-0.4, -0.2) is 16.5 Å². The highest BCUT2D eigenvalue weighted by atomic mass is 32.1. The predicted molar refractivity (Wildman–Crippen MR) is 66.4 cm³/mol. The van der Waals surface area contributed by atoms with Crippen molar-refractivity contribution in [3.8, 4) is 0 Å². The van der Waals surface area contributed by atoms with Crippen LogP contribution in [-0.2, 0) is 13.0 Å². The van der Waals surface area contributed by atoms with Crippen LogP contribution in [0.5, 0.6) is 0 Å². The number of anilines is 1. The molecule has 2 aromatic rings. The Kier molecular flexibility index (Phi) is 3.85. The Labute approximate surface area is 98.6 Å². The maximum atomic E-state index is 5.51. The zero-order valence-corrected chi connectivity index (χ0v) is 9.70. The van der Waals surface area contributed by atoms with Gasteiger partial charge in [-0.3, -0.25) is 0 Å². The van der Waals surface area contributed by atoms with E-state index in [1.54, 1.807) is 17.5 Å². The standard InChI is InChI=1S/C11H14N4S/c12-8-9-3-5-13-11(15-9)14-6-4-10-2-1-7-16-10/h1-3,5,7H,4,6,8,12H2,(H,13,14,15). The maximum Gasteiger partial charge on any atom is 0.222 e. The van der Waals surface area contributed by atoms with Crippen LogP contribution in [0.15, 0.2) is 29.8 Å². The summed E-state index contributed by atoms with van der Waals surface area (Å²) >= 11 is 1.76. The van der Waals surface area contributed by atoms with Crippen LogP contribution < -0.4 is 11.1 Å². The number of nitrogens with two attached hydrogens (primary N) is 1. The first-order valence-electron chi connectivity index (χ1n) is 5.17. The van der Waals surface area contributed by atoms with Gasteiger partial charge in [0.2, 0.25) is 5.95 Å². The molecule has 0 aliphatic heterocycles. The molecule has 0 aromatic carbocycles. The number of nitrogens with zero attached hydrogens (tertiary/aromatic N) is 2. The van der Waals surface area contributed by atoms with E-state index in [-0.39, 0.29) is 0 Å². The van der Waals surface area contributed by atoms with Crippen molar-refractivity contribution in [3.05, 3.63) is 40.3 Å². The molecule has 5 heteroatoms. The van der Waals surface area contributed by atoms with Gasteiger partial charge in [-0.2, -0.15) is 0 Å². The molecule has 0 spiro atoms. The molecule has 84 valence electrons. The highest BCUT2D eigenvalue weighted by Crippen LogP contribution is 2.09. The third kappa shape index (κ3) is 3.01. The van der Waals surface area contributed by atoms with E-state index in [9.17, 15) is 0 Å². The minimum absolute atomic E-state index is 0.447. The van der Waals surface area contributed by atoms with Gasteiger partial charge in [-0.15, -0.1) is 11.3 Å². The van der Waals surface area contributed by atoms with Crippen molar-refractivity contribution in [1.29, 1.82) is 0 Å². The third-order valence-corrected chi connectivity index (χ3v) is 3.09. The highest BCUT2D eigenvalue weighted by molar-refractivity contribution is 7.09. The highest BCUT2D eigenvalue weighted by Gasteiger charge is 1.98. The molecule has 0 saturated heterocycles. The van der Waals surface area contributed by atoms with Crippen molar-refractivity contribution in [2.24, 2.45) is 5.73 Å². The van der Waals surface area contributed by atoms with Crippen LogP contribution in [0.3, 0.4) is 0 Å². The van der Waals surface area contributed by atoms with Crippen molar-refractivity contribution >= 4 is 17.3 Å². The molecule has 3 N–H and O–H groups in total. The van der Waals surface area contributed by atoms with Gasteiger partial charge in [-0.05, 0) is 23.9 Å². The fourth-order valence-electron chi connectivity index (χ4n) is 1.35. The molecule has 0 amide bonds. The fraction of sp³-hybridized carbons (Fsp3) is 0.273. The summed E-state index contributed by atoms with van der Waals surface area (Å²) in [6, 6.07) is 6.01. The molecule has 0 bridgehead atoms. The molecule has 0 radical (unpaired) electrons. The second kappa shape index (κ2) is 5.58. The van der Waals surface area contributed by atoms with E-state index in [0.29, 0.717) is 12.5 Å². The first-order chi connectivity index (χ1) is 7.88. The fourth-order valence-corrected chi connectivity index (χ4v) is 2.06. The molecule has 0 atom stereocenters. The monoisotopic (exact) mass is 234 g/mol. The van der Waals surface area contributed by atoms with Crippen molar-refractivity contribution < 1.29 is 0 Å². The van der Waals surface area contributed by atoms with Gasteiger partial charge < -0.3 is 11.1 Å². The molecule has 16 heavy (non-hydrogen) atoms. The number of nitrogens with one attached hydrogen (secondary N) is 1. The molecular weight excluding hydrogens is 220 g/mol. The normalized spacial score (nSPS) is 10.3. The summed E-state index contributed by atoms with van der Waals surface area (Å²) in [6.45, 7) is 1.29. The Balaban J connectivity index is 1.85. The minimum atomic E-state index is 0.447. The average Bonchev–Trinajstić information content (AvgIpc) is 2.82. The van der Waals surface area contributed by atoms with E-state index in [4.69, 9.17) is 5.73 Å². The van der Waals surface area contributed by atoms with Crippen molar-refractivity contribution in [1.82, 2.24) is 9.97 Å². The summed E-state index contributed by atoms with van der Waals surface area (Å²) in [6.07, 6.45) is 2.72. The molecule has 0 aliphatic rings. The molecule has 0 unspecified atom stereocenters. The molecule has 0 fully saturated rings. The van der Waals surface area contributed by atoms with E-state index in [1.807, 2.05) is 6.07 Å². The minimum Gasteiger partial charge on any atom is -0.354 e. The topological polar surface area (TPSA) is 63.8 Å². The van der Waals surface area contributed by atoms with Crippen LogP contribution in [0.25, 0.3) is 0 Å². The molecular formula is C11H14N4S. The molecule has 4 nitrogen and oxygen atoms in total. The van der Waals surface area contributed by atoms with Crippen LogP contribution >= 0.6 is 11.3 Å². The van der Waals surface area contributed by atoms with E-state index in [0.717, 1.165) is 18.7 Å². The smallest absolute Gasteiger partial charge is 0.222 e. The second-order valence-corrected chi connectivity index (χ2v) is 4.36. The van der Waals surface area contributed by atoms with E-state index in [1.165, 1.54) is 4.88 Å². The Morgan fingerprint density at radius 1 is 1.38 bits per heavy atom. The summed E-state index contributed by atoms with van der Waals surface area (Å²) in [4.78, 5) is 9.76. The predicted octanol–water partition coefficient (Wildman–Crippen LogP) is 1.65. The Bertz CT molecular complexity index is 427. The lowest BCUT2D eigenvalue weighted by atomic mass is 10.3. The molecule has 2 aromatic heterocycles. The van der Waals surface area contributed by atoms with Gasteiger partial charge in [0, 0.05) is 24.2 Å². The summed E-state index contributed by atoms with van der Waals surface area (Å²) in [7, 11) is 0. The largest absolute Gasteiger partial charge is 0.354 e. The number of hydrogen-bond acceptors (Lipinski definition) is 5. The SMILES string of the molecule is NCc1ccnc(NCCc2cccs2)n1. The zero-order valence-electron chi connectivity index (χ0n) is 8.89. The van der Waals surface area contributed by atoms with Crippen molar-refractivity contribution in [2.45, 2.75) is 13.0 Å². The lowest BCUT2D eigenvalue weighted by Crippen LogP contribution is -2.09. The van der Waals surface area contributed by atoms with Crippen LogP contribution in [0.4, 0.5) is 5.95 Å². The zero-order chi connectivity index (χ0) is 11.2. The van der Waals surface area contributed by atoms with Gasteiger partial charge in [-0.1, -0.05) is 6.07 Å². The number of rotatable bonds is 5. The number of aromatic nitrogens is 2. The maximum absolute atomic E-state index is 5.51. The summed E-state index contributed by atoms with van der Waals surface area (Å²) in [5, 5.41) is 5.27. The molecule has 2 heterocycles. The molecule has 0 saturated carbocycles. The first-order valence-corrected chi connectivity index (χ1v) is 6.04. The van der Waals surface area contributed by atoms with E-state index >= 15 is 0 Å². The molecule has 0 aliphatic carbocycles. The third-order valence-electron chi connectivity index (χ3n) is 2.16. The van der Waals surface area contributed by atoms with Crippen LogP contribution in [0.2, 0.25) is 0 Å². The quantitative estimate of drug-likeness (QED) is 0.825. The Morgan fingerprint density at radius 2 is 2.31 bits per heavy atom. The van der Waals surface area contributed by atoms with Crippen LogP contribution in [0, 0.1) is 0 Å². The average molecular weight is 234 g/mol. The van der Waals surface area contributed by atoms with Gasteiger partial charge in [0.05, 0.1) is 5.69 Å². The Morgan fingerprint density at radius 3 is 3.06 bits per heavy atom. The van der Waals surface area contributed by atoms with Crippen molar-refractivity contribution in [3.63, 3.8) is 0 Å². The lowest BCUT2D eigenvalue weighted by Gasteiger charge is -2.04. The van der Waals surface area contributed by atoms with Crippen LogP contribution in [0.1, 0.15) is 10.6 Å². The van der Waals surface area contributed by atoms with E-state index < -0.39 is 0 Å². The van der Waals surface area contributed by atoms with Gasteiger partial charge in [-0.25, -0.2) is 9.97 Å². The lowest BCUT2D eigenvalue weighted by molar-refractivity contribution is 0.940. The van der Waals surface area contributed by atoms with Crippen molar-refractivity contribution in [2.75, 3.05) is 11.9 Å².